The first-order valence-electron chi connectivity index (χ1n) is 10.3. The molecule has 170 valence electrons. The fourth-order valence-electron chi connectivity index (χ4n) is 3.28. The topological polar surface area (TPSA) is 40.6 Å². The number of carbonyl (C=O) groups excluding carboxylic acids is 2. The van der Waals surface area contributed by atoms with Crippen LogP contribution in [0.5, 0.6) is 0 Å². The molecular weight excluding hydrogens is 564 g/mol. The van der Waals surface area contributed by atoms with Crippen molar-refractivity contribution < 1.29 is 9.59 Å². The van der Waals surface area contributed by atoms with E-state index in [2.05, 4.69) is 37.9 Å². The number of halogens is 3. The fourth-order valence-corrected chi connectivity index (χ4v) is 5.27. The van der Waals surface area contributed by atoms with Crippen molar-refractivity contribution in [2.24, 2.45) is 0 Å². The van der Waals surface area contributed by atoms with Crippen molar-refractivity contribution in [2.75, 3.05) is 22.9 Å². The highest BCUT2D eigenvalue weighted by atomic mass is 79.9. The van der Waals surface area contributed by atoms with E-state index in [4.69, 9.17) is 10.7 Å². The van der Waals surface area contributed by atoms with E-state index >= 15 is 0 Å². The van der Waals surface area contributed by atoms with Gasteiger partial charge < -0.3 is 9.80 Å². The highest BCUT2D eigenvalue weighted by Gasteiger charge is 2.23. The van der Waals surface area contributed by atoms with Crippen molar-refractivity contribution in [3.8, 4) is 0 Å². The van der Waals surface area contributed by atoms with Gasteiger partial charge in [0.25, 0.3) is 0 Å². The van der Waals surface area contributed by atoms with Crippen molar-refractivity contribution in [3.05, 3.63) is 50.4 Å². The van der Waals surface area contributed by atoms with Gasteiger partial charge in [-0.1, -0.05) is 43.6 Å². The second kappa shape index (κ2) is 14.2. The first-order valence-corrected chi connectivity index (χ1v) is 13.6. The first-order chi connectivity index (χ1) is 14.9. The average molecular weight is 593 g/mol. The molecule has 0 radical (unpaired) electrons. The minimum absolute atomic E-state index is 0.0848. The molecule has 2 aliphatic heterocycles. The summed E-state index contributed by atoms with van der Waals surface area (Å²) < 4.78 is 2.07. The van der Waals surface area contributed by atoms with Crippen molar-refractivity contribution >= 4 is 77.2 Å². The van der Waals surface area contributed by atoms with E-state index in [1.165, 1.54) is 11.1 Å². The van der Waals surface area contributed by atoms with E-state index in [9.17, 15) is 9.59 Å². The Labute approximate surface area is 211 Å². The predicted octanol–water partition coefficient (Wildman–Crippen LogP) is 7.62. The summed E-state index contributed by atoms with van der Waals surface area (Å²) >= 11 is 6.86. The molecule has 4 rings (SSSR count). The minimum atomic E-state index is 0.0848. The summed E-state index contributed by atoms with van der Waals surface area (Å²) in [6.07, 6.45) is 2.77. The zero-order valence-corrected chi connectivity index (χ0v) is 23.3. The van der Waals surface area contributed by atoms with Gasteiger partial charge in [0.05, 0.1) is 0 Å². The van der Waals surface area contributed by atoms with E-state index in [0.29, 0.717) is 0 Å². The maximum absolute atomic E-state index is 11.4. The molecule has 2 aromatic rings. The third-order valence-electron chi connectivity index (χ3n) is 4.59. The van der Waals surface area contributed by atoms with E-state index < -0.39 is 0 Å². The van der Waals surface area contributed by atoms with Gasteiger partial charge in [-0.25, -0.2) is 0 Å². The molecule has 2 aliphatic rings. The van der Waals surface area contributed by atoms with Crippen LogP contribution in [0.3, 0.4) is 0 Å². The Bertz CT molecular complexity index is 896. The zero-order chi connectivity index (χ0) is 23.6. The summed E-state index contributed by atoms with van der Waals surface area (Å²) in [6, 6.07) is 10.0. The molecule has 2 amide bonds. The second-order valence-corrected chi connectivity index (χ2v) is 9.06. The standard InChI is InChI=1S/C10H9BrClNOS.C9H8BrNO.2C2H6/c1-6(14)13-3-2-7-4-8(11)10(15-12)5-9(7)13;10-8-1-2-9-7(5-8)3-4-11(9)6-12;2*1-2/h4-5H,2-3H2,1H3;1-2,5-6H,3-4H2;2*1-2H3. The van der Waals surface area contributed by atoms with Gasteiger partial charge in [0.1, 0.15) is 0 Å². The van der Waals surface area contributed by atoms with Crippen LogP contribution in [0.2, 0.25) is 0 Å². The molecule has 0 saturated heterocycles. The van der Waals surface area contributed by atoms with Crippen LogP contribution >= 0.6 is 53.5 Å². The Morgan fingerprint density at radius 1 is 1.00 bits per heavy atom. The van der Waals surface area contributed by atoms with Gasteiger partial charge >= 0.3 is 0 Å². The highest BCUT2D eigenvalue weighted by Crippen LogP contribution is 2.38. The van der Waals surface area contributed by atoms with Crippen molar-refractivity contribution in [1.82, 2.24) is 0 Å². The monoisotopic (exact) mass is 590 g/mol. The maximum Gasteiger partial charge on any atom is 0.223 e. The minimum Gasteiger partial charge on any atom is -0.314 e. The summed E-state index contributed by atoms with van der Waals surface area (Å²) in [5.74, 6) is 0.0848. The second-order valence-electron chi connectivity index (χ2n) is 6.23. The number of fused-ring (bicyclic) bond motifs is 2. The zero-order valence-electron chi connectivity index (χ0n) is 18.5. The van der Waals surface area contributed by atoms with E-state index in [1.807, 2.05) is 52.0 Å². The van der Waals surface area contributed by atoms with Gasteiger partial charge in [0.15, 0.2) is 0 Å². The average Bonchev–Trinajstić information content (AvgIpc) is 3.39. The number of hydrogen-bond donors (Lipinski definition) is 0. The molecule has 0 atom stereocenters. The van der Waals surface area contributed by atoms with Crippen molar-refractivity contribution in [1.29, 1.82) is 0 Å². The first kappa shape index (κ1) is 28.0. The van der Waals surface area contributed by atoms with E-state index in [1.54, 1.807) is 16.7 Å². The Morgan fingerprint density at radius 3 is 2.19 bits per heavy atom. The smallest absolute Gasteiger partial charge is 0.223 e. The summed E-state index contributed by atoms with van der Waals surface area (Å²) in [7, 11) is 6.91. The van der Waals surface area contributed by atoms with E-state index in [-0.39, 0.29) is 5.91 Å². The molecule has 4 nitrogen and oxygen atoms in total. The Morgan fingerprint density at radius 2 is 1.61 bits per heavy atom. The number of anilines is 2. The number of benzene rings is 2. The molecule has 0 bridgehead atoms. The van der Waals surface area contributed by atoms with Gasteiger partial charge in [-0.2, -0.15) is 0 Å². The normalized spacial score (nSPS) is 12.9. The van der Waals surface area contributed by atoms with Crippen molar-refractivity contribution in [2.45, 2.75) is 52.4 Å². The van der Waals surface area contributed by atoms with Crippen LogP contribution in [0, 0.1) is 0 Å². The van der Waals surface area contributed by atoms with Gasteiger partial charge in [-0.05, 0) is 91.9 Å². The molecule has 0 unspecified atom stereocenters. The summed E-state index contributed by atoms with van der Waals surface area (Å²) in [4.78, 5) is 26.4. The van der Waals surface area contributed by atoms with Crippen LogP contribution in [-0.2, 0) is 22.4 Å². The lowest BCUT2D eigenvalue weighted by molar-refractivity contribution is -0.116. The van der Waals surface area contributed by atoms with Crippen LogP contribution in [0.25, 0.3) is 0 Å². The quantitative estimate of drug-likeness (QED) is 0.337. The van der Waals surface area contributed by atoms with Crippen LogP contribution in [-0.4, -0.2) is 25.4 Å². The largest absolute Gasteiger partial charge is 0.314 e. The van der Waals surface area contributed by atoms with Crippen LogP contribution < -0.4 is 9.80 Å². The molecule has 0 spiro atoms. The Balaban J connectivity index is 0.000000272. The molecular formula is C23H29Br2ClN2O2S. The maximum atomic E-state index is 11.4. The summed E-state index contributed by atoms with van der Waals surface area (Å²) in [5.41, 5.74) is 4.49. The molecule has 8 heteroatoms. The lowest BCUT2D eigenvalue weighted by Crippen LogP contribution is -2.25. The number of carbonyl (C=O) groups is 2. The number of nitrogens with zero attached hydrogens (tertiary/aromatic N) is 2. The number of rotatable bonds is 2. The molecule has 0 aromatic heterocycles. The third-order valence-corrected chi connectivity index (χ3v) is 7.01. The lowest BCUT2D eigenvalue weighted by Gasteiger charge is -2.15. The number of amides is 2. The van der Waals surface area contributed by atoms with Gasteiger partial charge in [-0.15, -0.1) is 0 Å². The molecule has 31 heavy (non-hydrogen) atoms. The highest BCUT2D eigenvalue weighted by molar-refractivity contribution is 9.10. The summed E-state index contributed by atoms with van der Waals surface area (Å²) in [5, 5.41) is 0. The van der Waals surface area contributed by atoms with Crippen LogP contribution in [0.1, 0.15) is 45.7 Å². The molecule has 0 aliphatic carbocycles. The van der Waals surface area contributed by atoms with Crippen LogP contribution in [0.15, 0.2) is 44.2 Å². The fraction of sp³-hybridized carbons (Fsp3) is 0.391. The SMILES string of the molecule is CC.CC.CC(=O)N1CCc2cc(Br)c(SCl)cc21.O=CN1CCc2cc(Br)ccc21. The lowest BCUT2D eigenvalue weighted by atomic mass is 10.2. The molecule has 2 aromatic carbocycles. The van der Waals surface area contributed by atoms with Gasteiger partial charge in [-0.3, -0.25) is 9.59 Å². The Hall–Kier alpha value is -1.02. The molecule has 2 heterocycles. The van der Waals surface area contributed by atoms with Crippen molar-refractivity contribution in [3.63, 3.8) is 0 Å². The van der Waals surface area contributed by atoms with Gasteiger partial charge in [0.2, 0.25) is 12.3 Å². The Kier molecular flexibility index (Phi) is 12.8. The van der Waals surface area contributed by atoms with E-state index in [0.717, 1.165) is 68.5 Å². The van der Waals surface area contributed by atoms with Gasteiger partial charge in [0, 0.05) is 45.2 Å². The molecule has 0 fully saturated rings. The number of hydrogen-bond acceptors (Lipinski definition) is 3. The predicted molar refractivity (Wildman–Crippen MR) is 142 cm³/mol. The summed E-state index contributed by atoms with van der Waals surface area (Å²) in [6.45, 7) is 11.2. The molecule has 0 N–H and O–H groups in total. The molecule has 0 saturated carbocycles. The third kappa shape index (κ3) is 7.24. The van der Waals surface area contributed by atoms with Crippen LogP contribution in [0.4, 0.5) is 11.4 Å².